The Kier molecular flexibility index (Phi) is 7.58. The molecule has 146 valence electrons. The van der Waals surface area contributed by atoms with Gasteiger partial charge in [0.05, 0.1) is 0 Å². The van der Waals surface area contributed by atoms with E-state index in [1.807, 2.05) is 13.0 Å². The van der Waals surface area contributed by atoms with Crippen molar-refractivity contribution in [1.82, 2.24) is 0 Å². The smallest absolute Gasteiger partial charge is 0.126 e. The van der Waals surface area contributed by atoms with Crippen molar-refractivity contribution in [2.75, 3.05) is 0 Å². The van der Waals surface area contributed by atoms with Crippen molar-refractivity contribution in [2.24, 2.45) is 23.7 Å². The number of hydrogen-bond acceptors (Lipinski definition) is 0. The first kappa shape index (κ1) is 19.9. The quantitative estimate of drug-likeness (QED) is 0.465. The van der Waals surface area contributed by atoms with E-state index in [4.69, 9.17) is 0 Å². The van der Waals surface area contributed by atoms with E-state index in [1.165, 1.54) is 82.6 Å². The van der Waals surface area contributed by atoms with Gasteiger partial charge in [-0.1, -0.05) is 64.0 Å². The van der Waals surface area contributed by atoms with E-state index in [0.29, 0.717) is 0 Å². The molecule has 0 bridgehead atoms. The summed E-state index contributed by atoms with van der Waals surface area (Å²) in [5, 5.41) is 0. The van der Waals surface area contributed by atoms with Gasteiger partial charge < -0.3 is 0 Å². The fourth-order valence-electron chi connectivity index (χ4n) is 5.55. The average Bonchev–Trinajstić information content (AvgIpc) is 2.68. The van der Waals surface area contributed by atoms with Gasteiger partial charge in [-0.25, -0.2) is 4.39 Å². The molecule has 2 aliphatic rings. The van der Waals surface area contributed by atoms with Crippen LogP contribution >= 0.6 is 0 Å². The van der Waals surface area contributed by atoms with Crippen molar-refractivity contribution < 1.29 is 4.39 Å². The normalized spacial score (nSPS) is 29.7. The zero-order valence-corrected chi connectivity index (χ0v) is 17.1. The molecule has 0 heterocycles. The Morgan fingerprint density at radius 3 is 1.96 bits per heavy atom. The zero-order chi connectivity index (χ0) is 18.4. The highest BCUT2D eigenvalue weighted by atomic mass is 19.1. The maximum Gasteiger partial charge on any atom is 0.126 e. The van der Waals surface area contributed by atoms with Crippen LogP contribution in [0.5, 0.6) is 0 Å². The Hall–Kier alpha value is -0.850. The fourth-order valence-corrected chi connectivity index (χ4v) is 5.55. The van der Waals surface area contributed by atoms with Crippen LogP contribution in [0.25, 0.3) is 0 Å². The van der Waals surface area contributed by atoms with E-state index in [-0.39, 0.29) is 5.82 Å². The van der Waals surface area contributed by atoms with Crippen LogP contribution in [0.2, 0.25) is 0 Å². The van der Waals surface area contributed by atoms with Gasteiger partial charge in [-0.15, -0.1) is 0 Å². The third kappa shape index (κ3) is 5.57. The molecule has 0 aliphatic heterocycles. The molecule has 0 N–H and O–H groups in total. The van der Waals surface area contributed by atoms with Crippen molar-refractivity contribution in [3.63, 3.8) is 0 Å². The first-order valence-corrected chi connectivity index (χ1v) is 11.4. The summed E-state index contributed by atoms with van der Waals surface area (Å²) in [6.45, 7) is 4.16. The molecule has 2 saturated carbocycles. The molecule has 0 saturated heterocycles. The van der Waals surface area contributed by atoms with Gasteiger partial charge in [-0.3, -0.25) is 0 Å². The fraction of sp³-hybridized carbons (Fsp3) is 0.760. The third-order valence-corrected chi connectivity index (χ3v) is 7.49. The Bertz CT molecular complexity index is 533. The van der Waals surface area contributed by atoms with E-state index < -0.39 is 0 Å². The summed E-state index contributed by atoms with van der Waals surface area (Å²) >= 11 is 0. The number of unbranched alkanes of at least 4 members (excludes halogenated alkanes) is 1. The molecule has 0 nitrogen and oxygen atoms in total. The number of halogens is 1. The Balaban J connectivity index is 1.36. The number of hydrogen-bond donors (Lipinski definition) is 0. The van der Waals surface area contributed by atoms with E-state index in [9.17, 15) is 4.39 Å². The van der Waals surface area contributed by atoms with E-state index >= 15 is 0 Å². The lowest BCUT2D eigenvalue weighted by molar-refractivity contribution is 0.140. The minimum atomic E-state index is -0.0410. The predicted molar refractivity (Wildman–Crippen MR) is 110 cm³/mol. The molecule has 0 radical (unpaired) electrons. The molecular formula is C25H39F. The topological polar surface area (TPSA) is 0 Å². The van der Waals surface area contributed by atoms with Gasteiger partial charge >= 0.3 is 0 Å². The molecule has 1 aromatic rings. The van der Waals surface area contributed by atoms with Crippen LogP contribution in [0, 0.1) is 36.4 Å². The van der Waals surface area contributed by atoms with Gasteiger partial charge in [0.15, 0.2) is 0 Å². The van der Waals surface area contributed by atoms with Crippen molar-refractivity contribution >= 4 is 0 Å². The van der Waals surface area contributed by atoms with Crippen molar-refractivity contribution in [3.05, 3.63) is 35.1 Å². The molecule has 2 aliphatic carbocycles. The van der Waals surface area contributed by atoms with Crippen LogP contribution in [-0.4, -0.2) is 0 Å². The highest BCUT2D eigenvalue weighted by molar-refractivity contribution is 5.23. The molecule has 2 fully saturated rings. The zero-order valence-electron chi connectivity index (χ0n) is 17.1. The second-order valence-electron chi connectivity index (χ2n) is 9.33. The Labute approximate surface area is 161 Å². The molecule has 0 unspecified atom stereocenters. The van der Waals surface area contributed by atoms with Crippen LogP contribution < -0.4 is 0 Å². The average molecular weight is 359 g/mol. The molecule has 26 heavy (non-hydrogen) atoms. The van der Waals surface area contributed by atoms with Gasteiger partial charge in [0.2, 0.25) is 0 Å². The van der Waals surface area contributed by atoms with Crippen LogP contribution in [0.4, 0.5) is 4.39 Å². The first-order chi connectivity index (χ1) is 12.7. The first-order valence-electron chi connectivity index (χ1n) is 11.4. The SMILES string of the molecule is CCCCC1CCC(C2CCC(CCc3ccc(C)c(F)c3)CC2)CC1. The minimum Gasteiger partial charge on any atom is -0.207 e. The molecule has 0 amide bonds. The monoisotopic (exact) mass is 358 g/mol. The summed E-state index contributed by atoms with van der Waals surface area (Å²) in [7, 11) is 0. The van der Waals surface area contributed by atoms with Gasteiger partial charge in [0.1, 0.15) is 5.82 Å². The van der Waals surface area contributed by atoms with Gasteiger partial charge in [-0.2, -0.15) is 0 Å². The third-order valence-electron chi connectivity index (χ3n) is 7.49. The summed E-state index contributed by atoms with van der Waals surface area (Å²) in [4.78, 5) is 0. The summed E-state index contributed by atoms with van der Waals surface area (Å²) < 4.78 is 13.7. The second kappa shape index (κ2) is 9.90. The van der Waals surface area contributed by atoms with E-state index in [1.54, 1.807) is 6.07 Å². The Morgan fingerprint density at radius 2 is 1.42 bits per heavy atom. The standard InChI is InChI=1S/C25H39F/c1-3-4-5-20-10-14-23(15-11-20)24-16-12-21(13-17-24)8-9-22-7-6-19(2)25(26)18-22/h6-7,18,20-21,23-24H,3-5,8-17H2,1-2H3. The minimum absolute atomic E-state index is 0.0410. The second-order valence-corrected chi connectivity index (χ2v) is 9.33. The van der Waals surface area contributed by atoms with E-state index in [0.717, 1.165) is 35.7 Å². The molecule has 0 aromatic heterocycles. The number of aryl methyl sites for hydroxylation is 2. The number of benzene rings is 1. The Morgan fingerprint density at radius 1 is 0.846 bits per heavy atom. The molecule has 0 atom stereocenters. The summed E-state index contributed by atoms with van der Waals surface area (Å²) in [6, 6.07) is 5.79. The summed E-state index contributed by atoms with van der Waals surface area (Å²) in [5.74, 6) is 3.91. The summed E-state index contributed by atoms with van der Waals surface area (Å²) in [6.07, 6.45) is 18.3. The van der Waals surface area contributed by atoms with Crippen molar-refractivity contribution in [3.8, 4) is 0 Å². The lowest BCUT2D eigenvalue weighted by Gasteiger charge is -2.38. The highest BCUT2D eigenvalue weighted by Crippen LogP contribution is 2.43. The van der Waals surface area contributed by atoms with Gasteiger partial charge in [-0.05, 0) is 86.3 Å². The molecule has 1 heteroatoms. The molecular weight excluding hydrogens is 319 g/mol. The molecule has 3 rings (SSSR count). The van der Waals surface area contributed by atoms with Gasteiger partial charge in [0.25, 0.3) is 0 Å². The summed E-state index contributed by atoms with van der Waals surface area (Å²) in [5.41, 5.74) is 1.94. The maximum atomic E-state index is 13.7. The van der Waals surface area contributed by atoms with Crippen LogP contribution in [0.1, 0.15) is 95.1 Å². The molecule has 1 aromatic carbocycles. The van der Waals surface area contributed by atoms with Crippen molar-refractivity contribution in [2.45, 2.75) is 97.3 Å². The van der Waals surface area contributed by atoms with Crippen LogP contribution in [-0.2, 0) is 6.42 Å². The largest absolute Gasteiger partial charge is 0.207 e. The van der Waals surface area contributed by atoms with E-state index in [2.05, 4.69) is 13.0 Å². The predicted octanol–water partition coefficient (Wildman–Crippen LogP) is 7.87. The highest BCUT2D eigenvalue weighted by Gasteiger charge is 2.30. The van der Waals surface area contributed by atoms with Crippen molar-refractivity contribution in [1.29, 1.82) is 0 Å². The van der Waals surface area contributed by atoms with Crippen LogP contribution in [0.15, 0.2) is 18.2 Å². The lowest BCUT2D eigenvalue weighted by Crippen LogP contribution is -2.26. The number of rotatable bonds is 7. The van der Waals surface area contributed by atoms with Crippen LogP contribution in [0.3, 0.4) is 0 Å². The lowest BCUT2D eigenvalue weighted by atomic mass is 9.68. The molecule has 0 spiro atoms. The maximum absolute atomic E-state index is 13.7. The van der Waals surface area contributed by atoms with Gasteiger partial charge in [0, 0.05) is 0 Å².